The molecular weight excluding hydrogens is 224 g/mol. The summed E-state index contributed by atoms with van der Waals surface area (Å²) in [5, 5.41) is 3.45. The predicted octanol–water partition coefficient (Wildman–Crippen LogP) is 2.94. The second-order valence-electron chi connectivity index (χ2n) is 5.70. The highest BCUT2D eigenvalue weighted by Gasteiger charge is 2.01. The highest BCUT2D eigenvalue weighted by atomic mass is 16.5. The molecule has 0 saturated carbocycles. The van der Waals surface area contributed by atoms with Crippen molar-refractivity contribution in [3.8, 4) is 0 Å². The highest BCUT2D eigenvalue weighted by Crippen LogP contribution is 2.08. The first-order valence-electron chi connectivity index (χ1n) is 7.62. The van der Waals surface area contributed by atoms with E-state index < -0.39 is 0 Å². The lowest BCUT2D eigenvalue weighted by Crippen LogP contribution is -2.34. The standard InChI is InChI=1S/C15H34N2O/c1-14(2)9-6-4-5-7-11-17-13-15(16)10-8-12-18-3/h14-15,17H,4-13,16H2,1-3H3. The Bertz CT molecular complexity index is 163. The lowest BCUT2D eigenvalue weighted by atomic mass is 10.0. The van der Waals surface area contributed by atoms with Crippen LogP contribution in [-0.2, 0) is 4.74 Å². The van der Waals surface area contributed by atoms with Crippen LogP contribution in [0.3, 0.4) is 0 Å². The summed E-state index contributed by atoms with van der Waals surface area (Å²) in [7, 11) is 1.74. The second kappa shape index (κ2) is 13.3. The number of hydrogen-bond donors (Lipinski definition) is 2. The van der Waals surface area contributed by atoms with Crippen molar-refractivity contribution in [2.45, 2.75) is 64.8 Å². The van der Waals surface area contributed by atoms with Gasteiger partial charge in [-0.3, -0.25) is 0 Å². The molecule has 0 aliphatic carbocycles. The summed E-state index contributed by atoms with van der Waals surface area (Å²) >= 11 is 0. The molecular formula is C15H34N2O. The van der Waals surface area contributed by atoms with Crippen molar-refractivity contribution in [1.82, 2.24) is 5.32 Å². The van der Waals surface area contributed by atoms with Crippen LogP contribution in [0.4, 0.5) is 0 Å². The summed E-state index contributed by atoms with van der Waals surface area (Å²) in [4.78, 5) is 0. The van der Waals surface area contributed by atoms with Gasteiger partial charge < -0.3 is 15.8 Å². The molecule has 3 N–H and O–H groups in total. The molecule has 0 aliphatic heterocycles. The van der Waals surface area contributed by atoms with Crippen LogP contribution in [0.1, 0.15) is 58.8 Å². The Labute approximate surface area is 114 Å². The molecule has 0 amide bonds. The van der Waals surface area contributed by atoms with Crippen molar-refractivity contribution in [2.75, 3.05) is 26.8 Å². The fourth-order valence-corrected chi connectivity index (χ4v) is 2.04. The van der Waals surface area contributed by atoms with E-state index in [1.54, 1.807) is 7.11 Å². The van der Waals surface area contributed by atoms with Gasteiger partial charge in [0.1, 0.15) is 0 Å². The number of unbranched alkanes of at least 4 members (excludes halogenated alkanes) is 3. The molecule has 0 aliphatic rings. The maximum Gasteiger partial charge on any atom is 0.0462 e. The Morgan fingerprint density at radius 2 is 1.72 bits per heavy atom. The van der Waals surface area contributed by atoms with Crippen molar-refractivity contribution < 1.29 is 4.74 Å². The highest BCUT2D eigenvalue weighted by molar-refractivity contribution is 4.64. The van der Waals surface area contributed by atoms with Gasteiger partial charge in [-0.05, 0) is 31.7 Å². The molecule has 110 valence electrons. The Morgan fingerprint density at radius 3 is 2.39 bits per heavy atom. The Morgan fingerprint density at radius 1 is 1.00 bits per heavy atom. The fraction of sp³-hybridized carbons (Fsp3) is 1.00. The normalized spacial score (nSPS) is 13.2. The second-order valence-corrected chi connectivity index (χ2v) is 5.70. The predicted molar refractivity (Wildman–Crippen MR) is 79.9 cm³/mol. The minimum atomic E-state index is 0.279. The molecule has 3 heteroatoms. The number of nitrogens with one attached hydrogen (secondary N) is 1. The lowest BCUT2D eigenvalue weighted by molar-refractivity contribution is 0.190. The molecule has 0 aromatic carbocycles. The molecule has 0 aromatic rings. The van der Waals surface area contributed by atoms with Gasteiger partial charge in [-0.15, -0.1) is 0 Å². The summed E-state index contributed by atoms with van der Waals surface area (Å²) in [6, 6.07) is 0.279. The Balaban J connectivity index is 3.10. The van der Waals surface area contributed by atoms with Crippen LogP contribution in [0.2, 0.25) is 0 Å². The first kappa shape index (κ1) is 17.9. The van der Waals surface area contributed by atoms with Gasteiger partial charge in [-0.1, -0.05) is 39.5 Å². The van der Waals surface area contributed by atoms with Crippen LogP contribution in [0.25, 0.3) is 0 Å². The van der Waals surface area contributed by atoms with Crippen LogP contribution in [0, 0.1) is 5.92 Å². The molecule has 0 bridgehead atoms. The molecule has 3 nitrogen and oxygen atoms in total. The van der Waals surface area contributed by atoms with Gasteiger partial charge in [-0.2, -0.15) is 0 Å². The zero-order valence-corrected chi connectivity index (χ0v) is 12.7. The molecule has 0 rings (SSSR count). The van der Waals surface area contributed by atoms with Crippen LogP contribution < -0.4 is 11.1 Å². The fourth-order valence-electron chi connectivity index (χ4n) is 2.04. The molecule has 0 aromatic heterocycles. The minimum absolute atomic E-state index is 0.279. The van der Waals surface area contributed by atoms with Gasteiger partial charge >= 0.3 is 0 Å². The number of methoxy groups -OCH3 is 1. The van der Waals surface area contributed by atoms with Gasteiger partial charge in [-0.25, -0.2) is 0 Å². The van der Waals surface area contributed by atoms with Gasteiger partial charge in [0.05, 0.1) is 0 Å². The van der Waals surface area contributed by atoms with Crippen molar-refractivity contribution in [3.05, 3.63) is 0 Å². The zero-order chi connectivity index (χ0) is 13.6. The van der Waals surface area contributed by atoms with E-state index in [4.69, 9.17) is 10.5 Å². The third-order valence-corrected chi connectivity index (χ3v) is 3.21. The monoisotopic (exact) mass is 258 g/mol. The zero-order valence-electron chi connectivity index (χ0n) is 12.7. The summed E-state index contributed by atoms with van der Waals surface area (Å²) in [5.74, 6) is 0.855. The molecule has 0 saturated heterocycles. The first-order chi connectivity index (χ1) is 8.66. The smallest absolute Gasteiger partial charge is 0.0462 e. The Hall–Kier alpha value is -0.120. The average molecular weight is 258 g/mol. The van der Waals surface area contributed by atoms with E-state index in [2.05, 4.69) is 19.2 Å². The third-order valence-electron chi connectivity index (χ3n) is 3.21. The van der Waals surface area contributed by atoms with Crippen LogP contribution in [0.15, 0.2) is 0 Å². The maximum absolute atomic E-state index is 5.99. The first-order valence-corrected chi connectivity index (χ1v) is 7.62. The van der Waals surface area contributed by atoms with Crippen LogP contribution >= 0.6 is 0 Å². The van der Waals surface area contributed by atoms with E-state index in [-0.39, 0.29) is 6.04 Å². The largest absolute Gasteiger partial charge is 0.385 e. The van der Waals surface area contributed by atoms with E-state index in [0.717, 1.165) is 38.5 Å². The Kier molecular flexibility index (Phi) is 13.2. The van der Waals surface area contributed by atoms with Crippen molar-refractivity contribution >= 4 is 0 Å². The van der Waals surface area contributed by atoms with E-state index in [9.17, 15) is 0 Å². The molecule has 18 heavy (non-hydrogen) atoms. The summed E-state index contributed by atoms with van der Waals surface area (Å²) < 4.78 is 5.01. The minimum Gasteiger partial charge on any atom is -0.385 e. The lowest BCUT2D eigenvalue weighted by Gasteiger charge is -2.12. The third kappa shape index (κ3) is 13.9. The molecule has 0 heterocycles. The topological polar surface area (TPSA) is 47.3 Å². The summed E-state index contributed by atoms with van der Waals surface area (Å²) in [6.45, 7) is 7.47. The molecule has 0 fully saturated rings. The van der Waals surface area contributed by atoms with Gasteiger partial charge in [0, 0.05) is 26.3 Å². The number of nitrogens with two attached hydrogens (primary N) is 1. The van der Waals surface area contributed by atoms with Gasteiger partial charge in [0.15, 0.2) is 0 Å². The SMILES string of the molecule is COCCCC(N)CNCCCCCCC(C)C. The van der Waals surface area contributed by atoms with E-state index >= 15 is 0 Å². The van der Waals surface area contributed by atoms with Crippen molar-refractivity contribution in [3.63, 3.8) is 0 Å². The van der Waals surface area contributed by atoms with Gasteiger partial charge in [0.2, 0.25) is 0 Å². The molecule has 0 spiro atoms. The maximum atomic E-state index is 5.99. The molecule has 1 atom stereocenters. The number of hydrogen-bond acceptors (Lipinski definition) is 3. The average Bonchev–Trinajstić information content (AvgIpc) is 2.32. The number of rotatable bonds is 13. The molecule has 1 unspecified atom stereocenters. The summed E-state index contributed by atoms with van der Waals surface area (Å²) in [6.07, 6.45) is 8.87. The summed E-state index contributed by atoms with van der Waals surface area (Å²) in [5.41, 5.74) is 5.99. The van der Waals surface area contributed by atoms with Crippen LogP contribution in [-0.4, -0.2) is 32.8 Å². The van der Waals surface area contributed by atoms with Gasteiger partial charge in [0.25, 0.3) is 0 Å². The van der Waals surface area contributed by atoms with Crippen LogP contribution in [0.5, 0.6) is 0 Å². The van der Waals surface area contributed by atoms with E-state index in [1.807, 2.05) is 0 Å². The van der Waals surface area contributed by atoms with Crippen molar-refractivity contribution in [1.29, 1.82) is 0 Å². The molecule has 0 radical (unpaired) electrons. The van der Waals surface area contributed by atoms with Crippen molar-refractivity contribution in [2.24, 2.45) is 11.7 Å². The number of ether oxygens (including phenoxy) is 1. The van der Waals surface area contributed by atoms with E-state index in [0.29, 0.717) is 0 Å². The van der Waals surface area contributed by atoms with E-state index in [1.165, 1.54) is 32.1 Å². The quantitative estimate of drug-likeness (QED) is 0.499.